The lowest BCUT2D eigenvalue weighted by molar-refractivity contribution is 0.0690. The van der Waals surface area contributed by atoms with Crippen LogP contribution >= 0.6 is 0 Å². The number of aromatic carboxylic acids is 1. The van der Waals surface area contributed by atoms with Crippen molar-refractivity contribution in [1.29, 1.82) is 0 Å². The highest BCUT2D eigenvalue weighted by atomic mass is 16.4. The number of carboxylic acids is 1. The number of carboxylic acid groups (broad SMARTS) is 1. The minimum Gasteiger partial charge on any atom is -0.477 e. The number of rotatable bonds is 4. The van der Waals surface area contributed by atoms with Gasteiger partial charge in [-0.2, -0.15) is 0 Å². The van der Waals surface area contributed by atoms with E-state index in [1.807, 2.05) is 18.2 Å². The van der Waals surface area contributed by atoms with Crippen molar-refractivity contribution in [2.45, 2.75) is 32.2 Å². The molecule has 2 aromatic heterocycles. The van der Waals surface area contributed by atoms with Crippen LogP contribution in [0.1, 0.15) is 45.9 Å². The quantitative estimate of drug-likeness (QED) is 0.723. The summed E-state index contributed by atoms with van der Waals surface area (Å²) in [5.41, 5.74) is 1.53. The molecule has 0 spiro atoms. The first kappa shape index (κ1) is 17.8. The highest BCUT2D eigenvalue weighted by Crippen LogP contribution is 2.25. The molecule has 0 saturated carbocycles. The van der Waals surface area contributed by atoms with Crippen molar-refractivity contribution in [3.05, 3.63) is 59.7 Å². The molecule has 3 aromatic rings. The standard InChI is InChI=1S/C20H19N5O3/c26-19(14-8-9-21-16(12-14)20(27)28)22-15-6-4-5-13(11-15)18-24-23-17-7-2-1-3-10-25(17)18/h4-6,8-9,11-12H,1-3,7,10H2,(H,22,26)(H,27,28). The van der Waals surface area contributed by atoms with E-state index in [-0.39, 0.29) is 11.3 Å². The molecule has 0 unspecified atom stereocenters. The van der Waals surface area contributed by atoms with Crippen molar-refractivity contribution in [2.75, 3.05) is 5.32 Å². The Balaban J connectivity index is 1.58. The highest BCUT2D eigenvalue weighted by molar-refractivity contribution is 6.05. The first-order chi connectivity index (χ1) is 13.6. The van der Waals surface area contributed by atoms with Gasteiger partial charge in [0.15, 0.2) is 5.82 Å². The summed E-state index contributed by atoms with van der Waals surface area (Å²) in [7, 11) is 0. The topological polar surface area (TPSA) is 110 Å². The summed E-state index contributed by atoms with van der Waals surface area (Å²) in [6, 6.07) is 10.1. The molecule has 0 bridgehead atoms. The first-order valence-electron chi connectivity index (χ1n) is 9.15. The molecule has 3 heterocycles. The predicted molar refractivity (Wildman–Crippen MR) is 102 cm³/mol. The molecule has 142 valence electrons. The van der Waals surface area contributed by atoms with E-state index in [0.29, 0.717) is 5.69 Å². The van der Waals surface area contributed by atoms with Crippen molar-refractivity contribution in [3.63, 3.8) is 0 Å². The lowest BCUT2D eigenvalue weighted by Gasteiger charge is -2.10. The Morgan fingerprint density at radius 2 is 1.96 bits per heavy atom. The third-order valence-electron chi connectivity index (χ3n) is 4.73. The lowest BCUT2D eigenvalue weighted by Crippen LogP contribution is -2.13. The molecule has 1 amide bonds. The Morgan fingerprint density at radius 1 is 1.07 bits per heavy atom. The molecule has 2 N–H and O–H groups in total. The third-order valence-corrected chi connectivity index (χ3v) is 4.73. The van der Waals surface area contributed by atoms with E-state index in [4.69, 9.17) is 5.11 Å². The average Bonchev–Trinajstić information content (AvgIpc) is 2.96. The van der Waals surface area contributed by atoms with E-state index in [1.54, 1.807) is 6.07 Å². The van der Waals surface area contributed by atoms with Gasteiger partial charge in [-0.1, -0.05) is 18.6 Å². The number of pyridine rings is 1. The Labute approximate surface area is 161 Å². The molecule has 0 saturated heterocycles. The van der Waals surface area contributed by atoms with Gasteiger partial charge >= 0.3 is 5.97 Å². The van der Waals surface area contributed by atoms with Gasteiger partial charge in [0.1, 0.15) is 11.5 Å². The average molecular weight is 377 g/mol. The van der Waals surface area contributed by atoms with Crippen LogP contribution in [0.25, 0.3) is 11.4 Å². The summed E-state index contributed by atoms with van der Waals surface area (Å²) in [6.45, 7) is 0.892. The van der Waals surface area contributed by atoms with Crippen LogP contribution in [0.2, 0.25) is 0 Å². The van der Waals surface area contributed by atoms with Gasteiger partial charge in [0.25, 0.3) is 5.91 Å². The molecule has 0 fully saturated rings. The minimum atomic E-state index is -1.18. The zero-order valence-electron chi connectivity index (χ0n) is 15.1. The number of nitrogens with zero attached hydrogens (tertiary/aromatic N) is 4. The number of benzene rings is 1. The fraction of sp³-hybridized carbons (Fsp3) is 0.250. The molecule has 8 nitrogen and oxygen atoms in total. The Bertz CT molecular complexity index is 1040. The summed E-state index contributed by atoms with van der Waals surface area (Å²) in [6.07, 6.45) is 5.64. The van der Waals surface area contributed by atoms with Crippen LogP contribution in [0.3, 0.4) is 0 Å². The molecule has 28 heavy (non-hydrogen) atoms. The molecule has 4 rings (SSSR count). The number of anilines is 1. The Morgan fingerprint density at radius 3 is 2.82 bits per heavy atom. The molecule has 1 aliphatic rings. The molecular weight excluding hydrogens is 358 g/mol. The molecule has 0 aliphatic carbocycles. The van der Waals surface area contributed by atoms with Crippen molar-refractivity contribution in [2.24, 2.45) is 0 Å². The highest BCUT2D eigenvalue weighted by Gasteiger charge is 2.17. The normalized spacial score (nSPS) is 13.4. The van der Waals surface area contributed by atoms with Crippen LogP contribution < -0.4 is 5.32 Å². The van der Waals surface area contributed by atoms with Crippen LogP contribution in [0.5, 0.6) is 0 Å². The van der Waals surface area contributed by atoms with Crippen molar-refractivity contribution in [1.82, 2.24) is 19.7 Å². The van der Waals surface area contributed by atoms with Gasteiger partial charge in [-0.3, -0.25) is 4.79 Å². The van der Waals surface area contributed by atoms with Gasteiger partial charge in [0.05, 0.1) is 0 Å². The summed E-state index contributed by atoms with van der Waals surface area (Å²) < 4.78 is 2.15. The van der Waals surface area contributed by atoms with Crippen LogP contribution in [0, 0.1) is 0 Å². The third kappa shape index (κ3) is 3.62. The maximum atomic E-state index is 12.5. The molecule has 0 radical (unpaired) electrons. The van der Waals surface area contributed by atoms with Crippen LogP contribution in [-0.2, 0) is 13.0 Å². The van der Waals surface area contributed by atoms with Gasteiger partial charge < -0.3 is 15.0 Å². The largest absolute Gasteiger partial charge is 0.477 e. The fourth-order valence-corrected chi connectivity index (χ4v) is 3.33. The second kappa shape index (κ2) is 7.59. The number of hydrogen-bond donors (Lipinski definition) is 2. The number of fused-ring (bicyclic) bond motifs is 1. The van der Waals surface area contributed by atoms with E-state index in [1.165, 1.54) is 24.8 Å². The maximum absolute atomic E-state index is 12.5. The molecular formula is C20H19N5O3. The number of aryl methyl sites for hydroxylation is 1. The summed E-state index contributed by atoms with van der Waals surface area (Å²) in [5.74, 6) is 0.219. The lowest BCUT2D eigenvalue weighted by atomic mass is 10.1. The van der Waals surface area contributed by atoms with Gasteiger partial charge in [-0.15, -0.1) is 10.2 Å². The van der Waals surface area contributed by atoms with E-state index in [0.717, 1.165) is 43.0 Å². The number of nitrogens with one attached hydrogen (secondary N) is 1. The first-order valence-corrected chi connectivity index (χ1v) is 9.15. The van der Waals surface area contributed by atoms with Crippen molar-refractivity contribution >= 4 is 17.6 Å². The minimum absolute atomic E-state index is 0.174. The molecule has 8 heteroatoms. The summed E-state index contributed by atoms with van der Waals surface area (Å²) in [5, 5.41) is 20.5. The molecule has 1 aliphatic heterocycles. The van der Waals surface area contributed by atoms with E-state index in [2.05, 4.69) is 25.1 Å². The SMILES string of the molecule is O=C(Nc1cccc(-c2nnc3n2CCCCC3)c1)c1ccnc(C(=O)O)c1. The second-order valence-corrected chi connectivity index (χ2v) is 6.67. The van der Waals surface area contributed by atoms with Gasteiger partial charge in [-0.25, -0.2) is 9.78 Å². The number of hydrogen-bond acceptors (Lipinski definition) is 5. The Hall–Kier alpha value is -3.55. The molecule has 0 atom stereocenters. The van der Waals surface area contributed by atoms with Gasteiger partial charge in [0, 0.05) is 36.0 Å². The number of aromatic nitrogens is 4. The van der Waals surface area contributed by atoms with E-state index < -0.39 is 11.9 Å². The van der Waals surface area contributed by atoms with Crippen molar-refractivity contribution in [3.8, 4) is 11.4 Å². The van der Waals surface area contributed by atoms with Crippen molar-refractivity contribution < 1.29 is 14.7 Å². The van der Waals surface area contributed by atoms with Gasteiger partial charge in [-0.05, 0) is 37.1 Å². The summed E-state index contributed by atoms with van der Waals surface area (Å²) in [4.78, 5) is 27.3. The van der Waals surface area contributed by atoms with Gasteiger partial charge in [0.2, 0.25) is 0 Å². The maximum Gasteiger partial charge on any atom is 0.354 e. The zero-order valence-corrected chi connectivity index (χ0v) is 15.1. The van der Waals surface area contributed by atoms with Crippen LogP contribution in [0.4, 0.5) is 5.69 Å². The number of carbonyl (C=O) groups excluding carboxylic acids is 1. The predicted octanol–water partition coefficient (Wildman–Crippen LogP) is 3.02. The number of carbonyl (C=O) groups is 2. The molecule has 1 aromatic carbocycles. The second-order valence-electron chi connectivity index (χ2n) is 6.67. The zero-order chi connectivity index (χ0) is 19.5. The fourth-order valence-electron chi connectivity index (χ4n) is 3.33. The van der Waals surface area contributed by atoms with Crippen LogP contribution in [-0.4, -0.2) is 36.7 Å². The van der Waals surface area contributed by atoms with E-state index in [9.17, 15) is 9.59 Å². The smallest absolute Gasteiger partial charge is 0.354 e. The summed E-state index contributed by atoms with van der Waals surface area (Å²) >= 11 is 0. The van der Waals surface area contributed by atoms with Crippen LogP contribution in [0.15, 0.2) is 42.6 Å². The van der Waals surface area contributed by atoms with E-state index >= 15 is 0 Å². The Kier molecular flexibility index (Phi) is 4.84. The monoisotopic (exact) mass is 377 g/mol. The number of amides is 1.